The molecule has 2 N–H and O–H groups in total. The van der Waals surface area contributed by atoms with E-state index in [2.05, 4.69) is 5.32 Å². The first-order valence-corrected chi connectivity index (χ1v) is 11.5. The van der Waals surface area contributed by atoms with Crippen LogP contribution in [-0.4, -0.2) is 53.3 Å². The normalized spacial score (nSPS) is 21.8. The van der Waals surface area contributed by atoms with Gasteiger partial charge in [0, 0.05) is 18.1 Å². The number of alkyl carbamates (subject to hydrolysis) is 1. The summed E-state index contributed by atoms with van der Waals surface area (Å²) in [5, 5.41) is 14.9. The zero-order valence-electron chi connectivity index (χ0n) is 17.7. The molecule has 1 unspecified atom stereocenters. The van der Waals surface area contributed by atoms with Gasteiger partial charge in [-0.2, -0.15) is 0 Å². The van der Waals surface area contributed by atoms with E-state index in [0.717, 1.165) is 37.7 Å². The zero-order valence-corrected chi connectivity index (χ0v) is 18.5. The maximum atomic E-state index is 13.6. The van der Waals surface area contributed by atoms with Crippen molar-refractivity contribution in [3.05, 3.63) is 34.9 Å². The van der Waals surface area contributed by atoms with E-state index in [-0.39, 0.29) is 11.9 Å². The van der Waals surface area contributed by atoms with Gasteiger partial charge in [-0.15, -0.1) is 0 Å². The highest BCUT2D eigenvalue weighted by Crippen LogP contribution is 2.42. The molecule has 1 saturated carbocycles. The van der Waals surface area contributed by atoms with Crippen molar-refractivity contribution in [2.75, 3.05) is 19.7 Å². The van der Waals surface area contributed by atoms with Gasteiger partial charge < -0.3 is 20.1 Å². The maximum Gasteiger partial charge on any atom is 0.407 e. The van der Waals surface area contributed by atoms with Crippen molar-refractivity contribution in [2.45, 2.75) is 75.9 Å². The van der Waals surface area contributed by atoms with E-state index in [1.807, 2.05) is 19.1 Å². The number of carbonyl (C=O) groups excluding carboxylic acids is 2. The first kappa shape index (κ1) is 22.9. The molecule has 3 rings (SSSR count). The first-order chi connectivity index (χ1) is 14.4. The highest BCUT2D eigenvalue weighted by molar-refractivity contribution is 6.30. The molecule has 0 bridgehead atoms. The van der Waals surface area contributed by atoms with Crippen LogP contribution < -0.4 is 5.32 Å². The molecule has 2 atom stereocenters. The van der Waals surface area contributed by atoms with E-state index in [1.165, 1.54) is 0 Å². The summed E-state index contributed by atoms with van der Waals surface area (Å²) in [7, 11) is 0. The van der Waals surface area contributed by atoms with Crippen LogP contribution in [0.15, 0.2) is 24.3 Å². The number of hydrogen-bond donors (Lipinski definition) is 2. The monoisotopic (exact) mass is 436 g/mol. The molecule has 2 fully saturated rings. The summed E-state index contributed by atoms with van der Waals surface area (Å²) in [5.74, 6) is -0.739. The number of carbonyl (C=O) groups is 2. The summed E-state index contributed by atoms with van der Waals surface area (Å²) in [6, 6.07) is 7.12. The Morgan fingerprint density at radius 1 is 1.33 bits per heavy atom. The van der Waals surface area contributed by atoms with E-state index >= 15 is 0 Å². The zero-order chi connectivity index (χ0) is 21.6. The standard InChI is InChI=1S/C23H33ClN2O4/c1-2-3-14-30-22(28)25-19-10-13-26(16-19)21(27)20(17-8-7-9-18(24)15-17)23(29)11-5-4-6-12-23/h7-9,15,19-20,29H,2-6,10-14,16H2,1H3,(H,25,28)/t19-,20?/m1/s1. The highest BCUT2D eigenvalue weighted by atomic mass is 35.5. The number of ether oxygens (including phenoxy) is 1. The van der Waals surface area contributed by atoms with Crippen molar-refractivity contribution in [3.63, 3.8) is 0 Å². The molecule has 0 aromatic heterocycles. The van der Waals surface area contributed by atoms with Gasteiger partial charge in [0.2, 0.25) is 5.91 Å². The number of benzene rings is 1. The van der Waals surface area contributed by atoms with Crippen LogP contribution in [0.4, 0.5) is 4.79 Å². The minimum Gasteiger partial charge on any atom is -0.450 e. The fourth-order valence-corrected chi connectivity index (χ4v) is 4.80. The second-order valence-corrected chi connectivity index (χ2v) is 8.99. The van der Waals surface area contributed by atoms with Crippen LogP contribution in [0.1, 0.15) is 69.8 Å². The van der Waals surface area contributed by atoms with Crippen LogP contribution in [0.3, 0.4) is 0 Å². The fraction of sp³-hybridized carbons (Fsp3) is 0.652. The Balaban J connectivity index is 1.70. The van der Waals surface area contributed by atoms with Gasteiger partial charge in [0.05, 0.1) is 24.2 Å². The predicted molar refractivity (Wildman–Crippen MR) is 117 cm³/mol. The topological polar surface area (TPSA) is 78.9 Å². The number of hydrogen-bond acceptors (Lipinski definition) is 4. The number of aliphatic hydroxyl groups is 1. The van der Waals surface area contributed by atoms with Gasteiger partial charge in [0.15, 0.2) is 0 Å². The summed E-state index contributed by atoms with van der Waals surface area (Å²) in [6.07, 6.45) is 6.16. The number of nitrogens with one attached hydrogen (secondary N) is 1. The number of nitrogens with zero attached hydrogens (tertiary/aromatic N) is 1. The first-order valence-electron chi connectivity index (χ1n) is 11.1. The van der Waals surface area contributed by atoms with Crippen molar-refractivity contribution in [2.24, 2.45) is 0 Å². The molecule has 2 amide bonds. The van der Waals surface area contributed by atoms with Crippen LogP contribution in [0.5, 0.6) is 0 Å². The predicted octanol–water partition coefficient (Wildman–Crippen LogP) is 4.25. The lowest BCUT2D eigenvalue weighted by atomic mass is 9.72. The van der Waals surface area contributed by atoms with Gasteiger partial charge in [0.25, 0.3) is 0 Å². The SMILES string of the molecule is CCCCOC(=O)N[C@@H]1CCN(C(=O)C(c2cccc(Cl)c2)C2(O)CCCCC2)C1. The largest absolute Gasteiger partial charge is 0.450 e. The molecule has 1 aliphatic carbocycles. The number of halogens is 1. The molecule has 30 heavy (non-hydrogen) atoms. The van der Waals surface area contributed by atoms with Gasteiger partial charge in [0.1, 0.15) is 0 Å². The molecule has 1 aliphatic heterocycles. The Morgan fingerprint density at radius 3 is 2.80 bits per heavy atom. The molecule has 7 heteroatoms. The van der Waals surface area contributed by atoms with E-state index < -0.39 is 17.6 Å². The average molecular weight is 437 g/mol. The van der Waals surface area contributed by atoms with Crippen LogP contribution in [0, 0.1) is 0 Å². The summed E-state index contributed by atoms with van der Waals surface area (Å²) in [6.45, 7) is 3.42. The summed E-state index contributed by atoms with van der Waals surface area (Å²) in [4.78, 5) is 27.3. The molecular weight excluding hydrogens is 404 g/mol. The van der Waals surface area contributed by atoms with Gasteiger partial charge in [-0.05, 0) is 43.4 Å². The van der Waals surface area contributed by atoms with Crippen molar-refractivity contribution in [1.29, 1.82) is 0 Å². The fourth-order valence-electron chi connectivity index (χ4n) is 4.60. The lowest BCUT2D eigenvalue weighted by Crippen LogP contribution is -2.48. The van der Waals surface area contributed by atoms with Crippen molar-refractivity contribution in [3.8, 4) is 0 Å². The third-order valence-corrected chi connectivity index (χ3v) is 6.47. The summed E-state index contributed by atoms with van der Waals surface area (Å²) < 4.78 is 5.17. The number of unbranched alkanes of at least 4 members (excludes halogenated alkanes) is 1. The molecule has 1 heterocycles. The number of likely N-dealkylation sites (tertiary alicyclic amines) is 1. The van der Waals surface area contributed by atoms with Crippen molar-refractivity contribution < 1.29 is 19.4 Å². The molecule has 0 radical (unpaired) electrons. The van der Waals surface area contributed by atoms with Crippen LogP contribution in [0.2, 0.25) is 5.02 Å². The lowest BCUT2D eigenvalue weighted by Gasteiger charge is -2.40. The van der Waals surface area contributed by atoms with Crippen molar-refractivity contribution in [1.82, 2.24) is 10.2 Å². The molecule has 166 valence electrons. The van der Waals surface area contributed by atoms with E-state index in [1.54, 1.807) is 17.0 Å². The Labute approximate surface area is 183 Å². The Bertz CT molecular complexity index is 736. The van der Waals surface area contributed by atoms with Gasteiger partial charge in [-0.3, -0.25) is 4.79 Å². The van der Waals surface area contributed by atoms with Gasteiger partial charge in [-0.1, -0.05) is 56.3 Å². The molecule has 1 aromatic rings. The van der Waals surface area contributed by atoms with Crippen molar-refractivity contribution >= 4 is 23.6 Å². The maximum absolute atomic E-state index is 13.6. The average Bonchev–Trinajstić information content (AvgIpc) is 3.17. The third-order valence-electron chi connectivity index (χ3n) is 6.24. The Kier molecular flexibility index (Phi) is 8.00. The minimum absolute atomic E-state index is 0.0923. The molecule has 2 aliphatic rings. The van der Waals surface area contributed by atoms with Crippen LogP contribution in [-0.2, 0) is 9.53 Å². The third kappa shape index (κ3) is 5.67. The Hall–Kier alpha value is -1.79. The summed E-state index contributed by atoms with van der Waals surface area (Å²) in [5.41, 5.74) is -0.308. The molecule has 0 spiro atoms. The summed E-state index contributed by atoms with van der Waals surface area (Å²) >= 11 is 6.20. The number of amides is 2. The molecule has 1 saturated heterocycles. The quantitative estimate of drug-likeness (QED) is 0.626. The van der Waals surface area contributed by atoms with E-state index in [9.17, 15) is 14.7 Å². The van der Waals surface area contributed by atoms with Gasteiger partial charge >= 0.3 is 6.09 Å². The second-order valence-electron chi connectivity index (χ2n) is 8.56. The number of rotatable bonds is 7. The lowest BCUT2D eigenvalue weighted by molar-refractivity contribution is -0.140. The van der Waals surface area contributed by atoms with E-state index in [4.69, 9.17) is 16.3 Å². The van der Waals surface area contributed by atoms with Gasteiger partial charge in [-0.25, -0.2) is 4.79 Å². The molecular formula is C23H33ClN2O4. The van der Waals surface area contributed by atoms with E-state index in [0.29, 0.717) is 44.0 Å². The highest BCUT2D eigenvalue weighted by Gasteiger charge is 2.45. The molecule has 6 nitrogen and oxygen atoms in total. The van der Waals surface area contributed by atoms with Crippen LogP contribution in [0.25, 0.3) is 0 Å². The minimum atomic E-state index is -1.06. The Morgan fingerprint density at radius 2 is 2.10 bits per heavy atom. The van der Waals surface area contributed by atoms with Crippen LogP contribution >= 0.6 is 11.6 Å². The molecule has 1 aromatic carbocycles. The second kappa shape index (κ2) is 10.5. The smallest absolute Gasteiger partial charge is 0.407 e.